The zero-order valence-corrected chi connectivity index (χ0v) is 15.5. The second-order valence-corrected chi connectivity index (χ2v) is 6.90. The lowest BCUT2D eigenvalue weighted by molar-refractivity contribution is 0.0757. The smallest absolute Gasteiger partial charge is 0.124 e. The molecule has 6 heteroatoms. The lowest BCUT2D eigenvalue weighted by Gasteiger charge is -2.20. The van der Waals surface area contributed by atoms with Gasteiger partial charge in [0.2, 0.25) is 0 Å². The number of halogens is 2. The SMILES string of the molecule is COc1cc(OCC(O)CN2CCCC2)cc(-c2ccc(F)cc2Cl)c1. The summed E-state index contributed by atoms with van der Waals surface area (Å²) >= 11 is 6.17. The Bertz CT molecular complexity index is 750. The summed E-state index contributed by atoms with van der Waals surface area (Å²) < 4.78 is 24.4. The fourth-order valence-electron chi connectivity index (χ4n) is 3.16. The Balaban J connectivity index is 1.72. The van der Waals surface area contributed by atoms with Crippen LogP contribution >= 0.6 is 11.6 Å². The number of hydrogen-bond donors (Lipinski definition) is 1. The van der Waals surface area contributed by atoms with Crippen molar-refractivity contribution in [1.82, 2.24) is 4.90 Å². The normalized spacial score (nSPS) is 15.8. The van der Waals surface area contributed by atoms with Crippen molar-refractivity contribution in [3.63, 3.8) is 0 Å². The van der Waals surface area contributed by atoms with Crippen molar-refractivity contribution in [2.75, 3.05) is 33.4 Å². The van der Waals surface area contributed by atoms with Crippen molar-refractivity contribution in [2.45, 2.75) is 18.9 Å². The number of aliphatic hydroxyl groups excluding tert-OH is 1. The van der Waals surface area contributed by atoms with Gasteiger partial charge in [0, 0.05) is 18.2 Å². The first-order valence-electron chi connectivity index (χ1n) is 8.73. The minimum Gasteiger partial charge on any atom is -0.497 e. The summed E-state index contributed by atoms with van der Waals surface area (Å²) in [5.74, 6) is 0.787. The summed E-state index contributed by atoms with van der Waals surface area (Å²) in [5.41, 5.74) is 1.45. The van der Waals surface area contributed by atoms with E-state index in [1.165, 1.54) is 25.0 Å². The fraction of sp³-hybridized carbons (Fsp3) is 0.400. The zero-order valence-electron chi connectivity index (χ0n) is 14.8. The second-order valence-electron chi connectivity index (χ2n) is 6.49. The molecule has 4 nitrogen and oxygen atoms in total. The van der Waals surface area contributed by atoms with Gasteiger partial charge >= 0.3 is 0 Å². The summed E-state index contributed by atoms with van der Waals surface area (Å²) in [6.07, 6.45) is 1.81. The van der Waals surface area contributed by atoms with E-state index >= 15 is 0 Å². The molecule has 26 heavy (non-hydrogen) atoms. The molecule has 1 atom stereocenters. The molecule has 2 aromatic rings. The third kappa shape index (κ3) is 4.87. The molecule has 0 radical (unpaired) electrons. The van der Waals surface area contributed by atoms with E-state index in [9.17, 15) is 9.50 Å². The molecule has 0 aliphatic carbocycles. The van der Waals surface area contributed by atoms with Crippen LogP contribution in [0, 0.1) is 5.82 Å². The minimum absolute atomic E-state index is 0.195. The third-order valence-electron chi connectivity index (χ3n) is 4.47. The molecule has 3 rings (SSSR count). The van der Waals surface area contributed by atoms with E-state index in [0.717, 1.165) is 18.7 Å². The summed E-state index contributed by atoms with van der Waals surface area (Å²) in [6, 6.07) is 9.64. The summed E-state index contributed by atoms with van der Waals surface area (Å²) in [5, 5.41) is 10.5. The van der Waals surface area contributed by atoms with Gasteiger partial charge < -0.3 is 19.5 Å². The molecule has 1 fully saturated rings. The topological polar surface area (TPSA) is 41.9 Å². The quantitative estimate of drug-likeness (QED) is 0.789. The molecule has 140 valence electrons. The number of benzene rings is 2. The second kappa shape index (κ2) is 8.71. The molecule has 0 saturated carbocycles. The third-order valence-corrected chi connectivity index (χ3v) is 4.78. The van der Waals surface area contributed by atoms with E-state index < -0.39 is 6.10 Å². The zero-order chi connectivity index (χ0) is 18.5. The Morgan fingerprint density at radius 3 is 2.58 bits per heavy atom. The van der Waals surface area contributed by atoms with Crippen molar-refractivity contribution < 1.29 is 19.0 Å². The average molecular weight is 380 g/mol. The first-order valence-corrected chi connectivity index (χ1v) is 9.10. The standard InChI is InChI=1S/C20H23ClFNO3/c1-25-17-8-14(19-5-4-15(22)10-20(19)21)9-18(11-17)26-13-16(24)12-23-6-2-3-7-23/h4-5,8-11,16,24H,2-3,6-7,12-13H2,1H3. The van der Waals surface area contributed by atoms with Gasteiger partial charge in [0.1, 0.15) is 30.0 Å². The Morgan fingerprint density at radius 1 is 1.15 bits per heavy atom. The predicted molar refractivity (Wildman–Crippen MR) is 101 cm³/mol. The van der Waals surface area contributed by atoms with Crippen molar-refractivity contribution in [3.8, 4) is 22.6 Å². The highest BCUT2D eigenvalue weighted by Gasteiger charge is 2.16. The number of methoxy groups -OCH3 is 1. The highest BCUT2D eigenvalue weighted by Crippen LogP contribution is 2.34. The lowest BCUT2D eigenvalue weighted by Crippen LogP contribution is -2.33. The highest BCUT2D eigenvalue weighted by molar-refractivity contribution is 6.33. The number of nitrogens with zero attached hydrogens (tertiary/aromatic N) is 1. The van der Waals surface area contributed by atoms with Gasteiger partial charge in [-0.3, -0.25) is 0 Å². The Labute approximate surface area is 158 Å². The van der Waals surface area contributed by atoms with Gasteiger partial charge in [-0.25, -0.2) is 4.39 Å². The Kier molecular flexibility index (Phi) is 6.35. The highest BCUT2D eigenvalue weighted by atomic mass is 35.5. The Morgan fingerprint density at radius 2 is 1.88 bits per heavy atom. The van der Waals surface area contributed by atoms with Crippen LogP contribution in [0.25, 0.3) is 11.1 Å². The summed E-state index contributed by atoms with van der Waals surface area (Å²) in [4.78, 5) is 2.24. The molecule has 1 aliphatic heterocycles. The Hall–Kier alpha value is -1.82. The van der Waals surface area contributed by atoms with Crippen LogP contribution in [-0.2, 0) is 0 Å². The van der Waals surface area contributed by atoms with Crippen molar-refractivity contribution in [2.24, 2.45) is 0 Å². The molecule has 1 saturated heterocycles. The van der Waals surface area contributed by atoms with Crippen molar-refractivity contribution >= 4 is 11.6 Å². The molecule has 1 aliphatic rings. The molecular weight excluding hydrogens is 357 g/mol. The minimum atomic E-state index is -0.558. The van der Waals surface area contributed by atoms with E-state index in [1.54, 1.807) is 19.2 Å². The van der Waals surface area contributed by atoms with Crippen LogP contribution in [-0.4, -0.2) is 49.5 Å². The average Bonchev–Trinajstić information content (AvgIpc) is 3.12. The molecule has 2 aromatic carbocycles. The van der Waals surface area contributed by atoms with Crippen LogP contribution < -0.4 is 9.47 Å². The van der Waals surface area contributed by atoms with Gasteiger partial charge in [0.15, 0.2) is 0 Å². The summed E-state index contributed by atoms with van der Waals surface area (Å²) in [6.45, 7) is 2.87. The monoisotopic (exact) mass is 379 g/mol. The summed E-state index contributed by atoms with van der Waals surface area (Å²) in [7, 11) is 1.57. The number of likely N-dealkylation sites (tertiary alicyclic amines) is 1. The number of aliphatic hydroxyl groups is 1. The largest absolute Gasteiger partial charge is 0.497 e. The molecular formula is C20H23ClFNO3. The first kappa shape index (κ1) is 19.0. The number of ether oxygens (including phenoxy) is 2. The van der Waals surface area contributed by atoms with Crippen LogP contribution in [0.1, 0.15) is 12.8 Å². The molecule has 0 amide bonds. The van der Waals surface area contributed by atoms with Gasteiger partial charge in [0.05, 0.1) is 12.1 Å². The van der Waals surface area contributed by atoms with Crippen molar-refractivity contribution in [3.05, 3.63) is 47.2 Å². The van der Waals surface area contributed by atoms with Gasteiger partial charge in [-0.1, -0.05) is 11.6 Å². The number of rotatable bonds is 7. The van der Waals surface area contributed by atoms with E-state index in [4.69, 9.17) is 21.1 Å². The van der Waals surface area contributed by atoms with Gasteiger partial charge in [-0.05, 0) is 61.8 Å². The molecule has 0 bridgehead atoms. The molecule has 0 aromatic heterocycles. The van der Waals surface area contributed by atoms with Crippen LogP contribution in [0.4, 0.5) is 4.39 Å². The predicted octanol–water partition coefficient (Wildman–Crippen LogP) is 3.99. The van der Waals surface area contributed by atoms with E-state index in [-0.39, 0.29) is 12.4 Å². The van der Waals surface area contributed by atoms with E-state index in [0.29, 0.717) is 28.6 Å². The molecule has 0 spiro atoms. The fourth-order valence-corrected chi connectivity index (χ4v) is 3.44. The maximum Gasteiger partial charge on any atom is 0.124 e. The van der Waals surface area contributed by atoms with Crippen LogP contribution in [0.2, 0.25) is 5.02 Å². The maximum absolute atomic E-state index is 13.3. The van der Waals surface area contributed by atoms with Gasteiger partial charge in [-0.2, -0.15) is 0 Å². The van der Waals surface area contributed by atoms with Crippen LogP contribution in [0.3, 0.4) is 0 Å². The van der Waals surface area contributed by atoms with Crippen LogP contribution in [0.15, 0.2) is 36.4 Å². The molecule has 1 unspecified atom stereocenters. The molecule has 1 heterocycles. The lowest BCUT2D eigenvalue weighted by atomic mass is 10.0. The number of hydrogen-bond acceptors (Lipinski definition) is 4. The van der Waals surface area contributed by atoms with Crippen LogP contribution in [0.5, 0.6) is 11.5 Å². The first-order chi connectivity index (χ1) is 12.5. The molecule has 1 N–H and O–H groups in total. The van der Waals surface area contributed by atoms with Gasteiger partial charge in [0.25, 0.3) is 0 Å². The maximum atomic E-state index is 13.3. The van der Waals surface area contributed by atoms with Gasteiger partial charge in [-0.15, -0.1) is 0 Å². The van der Waals surface area contributed by atoms with E-state index in [1.807, 2.05) is 12.1 Å². The van der Waals surface area contributed by atoms with E-state index in [2.05, 4.69) is 4.90 Å². The van der Waals surface area contributed by atoms with Crippen molar-refractivity contribution in [1.29, 1.82) is 0 Å². The number of β-amino-alcohol motifs (C(OH)–C–C–N with tert-alkyl or cyclic N) is 1.